The van der Waals surface area contributed by atoms with E-state index in [1.165, 1.54) is 12.8 Å². The van der Waals surface area contributed by atoms with Gasteiger partial charge in [-0.15, -0.1) is 12.4 Å². The van der Waals surface area contributed by atoms with Gasteiger partial charge in [0.25, 0.3) is 0 Å². The van der Waals surface area contributed by atoms with Crippen molar-refractivity contribution in [1.82, 2.24) is 15.1 Å². The number of carbonyl (C=O) groups excluding carboxylic acids is 1. The van der Waals surface area contributed by atoms with Gasteiger partial charge in [-0.05, 0) is 31.8 Å². The van der Waals surface area contributed by atoms with Gasteiger partial charge in [0.1, 0.15) is 0 Å². The maximum absolute atomic E-state index is 12.0. The third kappa shape index (κ3) is 4.45. The number of likely N-dealkylation sites (tertiary alicyclic amines) is 1. The molecule has 0 saturated carbocycles. The minimum Gasteiger partial charge on any atom is -0.339 e. The van der Waals surface area contributed by atoms with E-state index in [1.807, 2.05) is 4.90 Å². The lowest BCUT2D eigenvalue weighted by Crippen LogP contribution is -2.50. The van der Waals surface area contributed by atoms with Crippen molar-refractivity contribution >= 4 is 18.3 Å². The zero-order valence-corrected chi connectivity index (χ0v) is 11.5. The largest absolute Gasteiger partial charge is 0.339 e. The van der Waals surface area contributed by atoms with E-state index in [0.717, 1.165) is 45.2 Å². The Balaban J connectivity index is 0.00000144. The number of carbonyl (C=O) groups is 1. The molecule has 0 bridgehead atoms. The number of hydrogen-bond donors (Lipinski definition) is 1. The van der Waals surface area contributed by atoms with Crippen molar-refractivity contribution in [1.29, 1.82) is 0 Å². The van der Waals surface area contributed by atoms with E-state index in [-0.39, 0.29) is 12.4 Å². The first kappa shape index (κ1) is 14.7. The molecule has 0 unspecified atom stereocenters. The normalized spacial score (nSPS) is 23.2. The van der Waals surface area contributed by atoms with E-state index < -0.39 is 0 Å². The number of halogens is 1. The maximum Gasteiger partial charge on any atom is 0.236 e. The van der Waals surface area contributed by atoms with Gasteiger partial charge in [0.15, 0.2) is 0 Å². The van der Waals surface area contributed by atoms with E-state index >= 15 is 0 Å². The molecule has 1 N–H and O–H groups in total. The molecule has 0 radical (unpaired) electrons. The second-order valence-corrected chi connectivity index (χ2v) is 5.09. The lowest BCUT2D eigenvalue weighted by Gasteiger charge is -2.33. The van der Waals surface area contributed by atoms with Crippen molar-refractivity contribution in [2.75, 3.05) is 45.8 Å². The van der Waals surface area contributed by atoms with Gasteiger partial charge in [0, 0.05) is 26.2 Å². The Hall–Kier alpha value is -0.320. The van der Waals surface area contributed by atoms with Crippen LogP contribution < -0.4 is 5.32 Å². The summed E-state index contributed by atoms with van der Waals surface area (Å²) < 4.78 is 0. The summed E-state index contributed by atoms with van der Waals surface area (Å²) >= 11 is 0. The molecule has 2 fully saturated rings. The van der Waals surface area contributed by atoms with Gasteiger partial charge in [-0.2, -0.15) is 0 Å². The van der Waals surface area contributed by atoms with Crippen LogP contribution in [0.3, 0.4) is 0 Å². The molecular weight excluding hydrogens is 238 g/mol. The predicted octanol–water partition coefficient (Wildman–Crippen LogP) is 0.572. The van der Waals surface area contributed by atoms with Crippen molar-refractivity contribution < 1.29 is 4.79 Å². The van der Waals surface area contributed by atoms with Crippen LogP contribution >= 0.6 is 12.4 Å². The fraction of sp³-hybridized carbons (Fsp3) is 0.917. The Morgan fingerprint density at radius 1 is 1.18 bits per heavy atom. The van der Waals surface area contributed by atoms with Crippen molar-refractivity contribution in [2.45, 2.75) is 19.8 Å². The number of piperazine rings is 1. The first-order valence-corrected chi connectivity index (χ1v) is 6.46. The van der Waals surface area contributed by atoms with Crippen LogP contribution in [0.5, 0.6) is 0 Å². The third-order valence-corrected chi connectivity index (χ3v) is 3.70. The maximum atomic E-state index is 12.0. The second kappa shape index (κ2) is 7.19. The quantitative estimate of drug-likeness (QED) is 0.790. The summed E-state index contributed by atoms with van der Waals surface area (Å²) in [5.41, 5.74) is 0. The highest BCUT2D eigenvalue weighted by Crippen LogP contribution is 2.15. The molecule has 0 aromatic heterocycles. The molecule has 0 aromatic rings. The van der Waals surface area contributed by atoms with Crippen LogP contribution in [0.25, 0.3) is 0 Å². The summed E-state index contributed by atoms with van der Waals surface area (Å²) in [6.07, 6.45) is 2.49. The number of amides is 1. The third-order valence-electron chi connectivity index (χ3n) is 3.70. The van der Waals surface area contributed by atoms with E-state index in [0.29, 0.717) is 12.5 Å². The molecule has 100 valence electrons. The lowest BCUT2D eigenvalue weighted by molar-refractivity contribution is -0.133. The molecule has 2 aliphatic rings. The van der Waals surface area contributed by atoms with Crippen molar-refractivity contribution in [3.8, 4) is 0 Å². The molecule has 5 heteroatoms. The second-order valence-electron chi connectivity index (χ2n) is 5.09. The predicted molar refractivity (Wildman–Crippen MR) is 71.5 cm³/mol. The van der Waals surface area contributed by atoms with Crippen LogP contribution in [-0.4, -0.2) is 61.5 Å². The molecule has 4 nitrogen and oxygen atoms in total. The number of piperidine rings is 1. The molecule has 2 rings (SSSR count). The molecule has 2 aliphatic heterocycles. The Morgan fingerprint density at radius 2 is 1.76 bits per heavy atom. The monoisotopic (exact) mass is 261 g/mol. The van der Waals surface area contributed by atoms with Gasteiger partial charge in [-0.25, -0.2) is 0 Å². The summed E-state index contributed by atoms with van der Waals surface area (Å²) in [4.78, 5) is 16.3. The summed E-state index contributed by atoms with van der Waals surface area (Å²) in [5.74, 6) is 1.15. The molecule has 17 heavy (non-hydrogen) atoms. The zero-order chi connectivity index (χ0) is 11.4. The van der Waals surface area contributed by atoms with Gasteiger partial charge in [-0.1, -0.05) is 6.92 Å². The van der Waals surface area contributed by atoms with Crippen LogP contribution in [0.4, 0.5) is 0 Å². The van der Waals surface area contributed by atoms with Crippen molar-refractivity contribution in [3.63, 3.8) is 0 Å². The summed E-state index contributed by atoms with van der Waals surface area (Å²) in [5, 5.41) is 3.27. The molecular formula is C12H24ClN3O. The number of nitrogens with zero attached hydrogens (tertiary/aromatic N) is 2. The molecule has 0 atom stereocenters. The number of hydrogen-bond acceptors (Lipinski definition) is 3. The average Bonchev–Trinajstić information content (AvgIpc) is 2.33. The molecule has 0 spiro atoms. The molecule has 1 amide bonds. The van der Waals surface area contributed by atoms with Gasteiger partial charge in [-0.3, -0.25) is 9.69 Å². The fourth-order valence-corrected chi connectivity index (χ4v) is 2.43. The van der Waals surface area contributed by atoms with Crippen LogP contribution in [0.2, 0.25) is 0 Å². The average molecular weight is 262 g/mol. The summed E-state index contributed by atoms with van der Waals surface area (Å²) in [6.45, 7) is 8.78. The Bertz CT molecular complexity index is 236. The Labute approximate surface area is 110 Å². The minimum atomic E-state index is 0. The first-order chi connectivity index (χ1) is 7.75. The highest BCUT2D eigenvalue weighted by atomic mass is 35.5. The smallest absolute Gasteiger partial charge is 0.236 e. The molecule has 2 heterocycles. The van der Waals surface area contributed by atoms with E-state index in [9.17, 15) is 4.79 Å². The van der Waals surface area contributed by atoms with Gasteiger partial charge in [0.2, 0.25) is 5.91 Å². The van der Waals surface area contributed by atoms with E-state index in [2.05, 4.69) is 17.1 Å². The molecule has 0 aromatic carbocycles. The number of rotatable bonds is 2. The fourth-order valence-electron chi connectivity index (χ4n) is 2.43. The Kier molecular flexibility index (Phi) is 6.23. The Morgan fingerprint density at radius 3 is 2.35 bits per heavy atom. The van der Waals surface area contributed by atoms with Crippen LogP contribution in [0, 0.1) is 5.92 Å². The summed E-state index contributed by atoms with van der Waals surface area (Å²) in [6, 6.07) is 0. The lowest BCUT2D eigenvalue weighted by atomic mass is 9.99. The topological polar surface area (TPSA) is 35.6 Å². The van der Waals surface area contributed by atoms with E-state index in [1.54, 1.807) is 0 Å². The van der Waals surface area contributed by atoms with Crippen LogP contribution in [-0.2, 0) is 4.79 Å². The highest BCUT2D eigenvalue weighted by molar-refractivity contribution is 5.85. The summed E-state index contributed by atoms with van der Waals surface area (Å²) in [7, 11) is 0. The van der Waals surface area contributed by atoms with Crippen LogP contribution in [0.15, 0.2) is 0 Å². The SMILES string of the molecule is CC1CCN(CC(=O)N2CCNCC2)CC1.Cl. The first-order valence-electron chi connectivity index (χ1n) is 6.46. The van der Waals surface area contributed by atoms with Gasteiger partial charge in [0.05, 0.1) is 6.54 Å². The standard InChI is InChI=1S/C12H23N3O.ClH/c1-11-2-6-14(7-3-11)10-12(16)15-8-4-13-5-9-15;/h11,13H,2-10H2,1H3;1H. The van der Waals surface area contributed by atoms with Crippen molar-refractivity contribution in [3.05, 3.63) is 0 Å². The molecule has 0 aliphatic carbocycles. The van der Waals surface area contributed by atoms with Gasteiger partial charge >= 0.3 is 0 Å². The van der Waals surface area contributed by atoms with Crippen molar-refractivity contribution in [2.24, 2.45) is 5.92 Å². The minimum absolute atomic E-state index is 0. The zero-order valence-electron chi connectivity index (χ0n) is 10.7. The van der Waals surface area contributed by atoms with Gasteiger partial charge < -0.3 is 10.2 Å². The number of nitrogens with one attached hydrogen (secondary N) is 1. The van der Waals surface area contributed by atoms with Crippen LogP contribution in [0.1, 0.15) is 19.8 Å². The molecule has 2 saturated heterocycles. The highest BCUT2D eigenvalue weighted by Gasteiger charge is 2.21. The van der Waals surface area contributed by atoms with E-state index in [4.69, 9.17) is 0 Å².